The minimum atomic E-state index is -0.300. The molecule has 2 aliphatic rings. The Morgan fingerprint density at radius 2 is 2.08 bits per heavy atom. The van der Waals surface area contributed by atoms with Crippen molar-refractivity contribution in [3.63, 3.8) is 0 Å². The molecule has 0 aromatic rings. The van der Waals surface area contributed by atoms with E-state index in [1.807, 2.05) is 20.8 Å². The Bertz CT molecular complexity index is 289. The smallest absolute Gasteiger partial charge is 0.230 e. The van der Waals surface area contributed by atoms with E-state index in [2.05, 4.69) is 0 Å². The average molecular weight is 182 g/mol. The second-order valence-electron chi connectivity index (χ2n) is 4.34. The van der Waals surface area contributed by atoms with Gasteiger partial charge in [0, 0.05) is 11.8 Å². The van der Waals surface area contributed by atoms with E-state index >= 15 is 0 Å². The molecule has 3 nitrogen and oxygen atoms in total. The topological polar surface area (TPSA) is 35.5 Å². The number of hydrogen-bond acceptors (Lipinski definition) is 3. The third-order valence-electron chi connectivity index (χ3n) is 2.78. The summed E-state index contributed by atoms with van der Waals surface area (Å²) in [5.74, 6) is 1.74. The predicted molar refractivity (Wildman–Crippen MR) is 46.6 cm³/mol. The standard InChI is InChI=1S/C10H14O3/c1-6-8-7(12-5-13-8)4-10(2,3)9(6)11/h6H,4-5H2,1-3H3. The van der Waals surface area contributed by atoms with Gasteiger partial charge in [0.1, 0.15) is 17.3 Å². The molecule has 1 heterocycles. The van der Waals surface area contributed by atoms with Gasteiger partial charge in [-0.3, -0.25) is 4.79 Å². The van der Waals surface area contributed by atoms with Crippen LogP contribution in [0, 0.1) is 11.3 Å². The Balaban J connectivity index is 2.38. The van der Waals surface area contributed by atoms with E-state index in [0.717, 1.165) is 11.5 Å². The molecule has 0 amide bonds. The zero-order chi connectivity index (χ0) is 9.64. The molecule has 0 aromatic heterocycles. The Morgan fingerprint density at radius 3 is 2.77 bits per heavy atom. The van der Waals surface area contributed by atoms with Gasteiger partial charge in [-0.1, -0.05) is 13.8 Å². The van der Waals surface area contributed by atoms with Crippen LogP contribution in [0.25, 0.3) is 0 Å². The van der Waals surface area contributed by atoms with Crippen molar-refractivity contribution in [1.82, 2.24) is 0 Å². The zero-order valence-electron chi connectivity index (χ0n) is 8.22. The molecule has 1 atom stereocenters. The van der Waals surface area contributed by atoms with Crippen LogP contribution in [0.3, 0.4) is 0 Å². The summed E-state index contributed by atoms with van der Waals surface area (Å²) in [6.45, 7) is 6.07. The molecule has 0 bridgehead atoms. The fourth-order valence-corrected chi connectivity index (χ4v) is 2.01. The average Bonchev–Trinajstić information content (AvgIpc) is 2.47. The second-order valence-corrected chi connectivity index (χ2v) is 4.34. The predicted octanol–water partition coefficient (Wildman–Crippen LogP) is 1.84. The van der Waals surface area contributed by atoms with Crippen LogP contribution < -0.4 is 0 Å². The lowest BCUT2D eigenvalue weighted by atomic mass is 9.74. The number of rotatable bonds is 0. The molecule has 72 valence electrons. The van der Waals surface area contributed by atoms with Crippen LogP contribution in [0.2, 0.25) is 0 Å². The quantitative estimate of drug-likeness (QED) is 0.573. The first-order valence-electron chi connectivity index (χ1n) is 4.55. The van der Waals surface area contributed by atoms with Crippen molar-refractivity contribution < 1.29 is 14.3 Å². The lowest BCUT2D eigenvalue weighted by Gasteiger charge is -2.30. The van der Waals surface area contributed by atoms with Gasteiger partial charge in [0.05, 0.1) is 5.92 Å². The summed E-state index contributed by atoms with van der Waals surface area (Å²) in [5, 5.41) is 0. The van der Waals surface area contributed by atoms with E-state index in [1.165, 1.54) is 0 Å². The Labute approximate surface area is 77.7 Å². The van der Waals surface area contributed by atoms with Crippen molar-refractivity contribution in [2.24, 2.45) is 11.3 Å². The molecule has 0 N–H and O–H groups in total. The summed E-state index contributed by atoms with van der Waals surface area (Å²) in [6.07, 6.45) is 0.672. The normalized spacial score (nSPS) is 31.0. The molecule has 1 aliphatic carbocycles. The van der Waals surface area contributed by atoms with Gasteiger partial charge in [0.2, 0.25) is 6.79 Å². The maximum Gasteiger partial charge on any atom is 0.230 e. The van der Waals surface area contributed by atoms with Gasteiger partial charge >= 0.3 is 0 Å². The molecule has 3 heteroatoms. The maximum atomic E-state index is 11.8. The molecule has 0 radical (unpaired) electrons. The van der Waals surface area contributed by atoms with Crippen LogP contribution in [0.15, 0.2) is 11.5 Å². The Kier molecular flexibility index (Phi) is 1.65. The highest BCUT2D eigenvalue weighted by Crippen LogP contribution is 2.42. The number of ketones is 1. The van der Waals surface area contributed by atoms with Crippen molar-refractivity contribution in [3.8, 4) is 0 Å². The minimum Gasteiger partial charge on any atom is -0.458 e. The molecule has 1 unspecified atom stereocenters. The van der Waals surface area contributed by atoms with Gasteiger partial charge in [-0.25, -0.2) is 0 Å². The monoisotopic (exact) mass is 182 g/mol. The van der Waals surface area contributed by atoms with Crippen LogP contribution >= 0.6 is 0 Å². The second kappa shape index (κ2) is 2.50. The summed E-state index contributed by atoms with van der Waals surface area (Å²) in [6, 6.07) is 0. The van der Waals surface area contributed by atoms with Crippen molar-refractivity contribution in [1.29, 1.82) is 0 Å². The third-order valence-corrected chi connectivity index (χ3v) is 2.78. The summed E-state index contributed by atoms with van der Waals surface area (Å²) in [5.41, 5.74) is -0.300. The molecule has 0 saturated carbocycles. The lowest BCUT2D eigenvalue weighted by molar-refractivity contribution is -0.131. The molecule has 0 aromatic carbocycles. The molecule has 0 fully saturated rings. The van der Waals surface area contributed by atoms with Gasteiger partial charge in [-0.2, -0.15) is 0 Å². The summed E-state index contributed by atoms with van der Waals surface area (Å²) < 4.78 is 10.6. The van der Waals surface area contributed by atoms with Gasteiger partial charge in [-0.05, 0) is 6.92 Å². The van der Waals surface area contributed by atoms with Crippen molar-refractivity contribution >= 4 is 5.78 Å². The molecule has 0 spiro atoms. The van der Waals surface area contributed by atoms with Crippen LogP contribution in [0.4, 0.5) is 0 Å². The van der Waals surface area contributed by atoms with E-state index < -0.39 is 0 Å². The number of allylic oxidation sites excluding steroid dienone is 2. The van der Waals surface area contributed by atoms with E-state index in [-0.39, 0.29) is 23.9 Å². The van der Waals surface area contributed by atoms with E-state index in [9.17, 15) is 4.79 Å². The highest BCUT2D eigenvalue weighted by Gasteiger charge is 2.43. The van der Waals surface area contributed by atoms with E-state index in [0.29, 0.717) is 6.42 Å². The maximum absolute atomic E-state index is 11.8. The Morgan fingerprint density at radius 1 is 1.38 bits per heavy atom. The number of ether oxygens (including phenoxy) is 2. The molecule has 2 rings (SSSR count). The number of hydrogen-bond donors (Lipinski definition) is 0. The molecule has 13 heavy (non-hydrogen) atoms. The zero-order valence-corrected chi connectivity index (χ0v) is 8.22. The molecule has 1 aliphatic heterocycles. The largest absolute Gasteiger partial charge is 0.458 e. The molecular formula is C10H14O3. The van der Waals surface area contributed by atoms with Crippen LogP contribution in [-0.2, 0) is 14.3 Å². The summed E-state index contributed by atoms with van der Waals surface area (Å²) in [4.78, 5) is 11.8. The first-order chi connectivity index (χ1) is 6.02. The first kappa shape index (κ1) is 8.60. The minimum absolute atomic E-state index is 0.138. The fourth-order valence-electron chi connectivity index (χ4n) is 2.01. The van der Waals surface area contributed by atoms with Crippen molar-refractivity contribution in [2.75, 3.05) is 6.79 Å². The fraction of sp³-hybridized carbons (Fsp3) is 0.700. The van der Waals surface area contributed by atoms with Gasteiger partial charge in [0.15, 0.2) is 0 Å². The third kappa shape index (κ3) is 1.14. The Hall–Kier alpha value is -0.990. The molecular weight excluding hydrogens is 168 g/mol. The van der Waals surface area contributed by atoms with E-state index in [1.54, 1.807) is 0 Å². The summed E-state index contributed by atoms with van der Waals surface area (Å²) >= 11 is 0. The highest BCUT2D eigenvalue weighted by atomic mass is 16.7. The number of carbonyl (C=O) groups excluding carboxylic acids is 1. The number of Topliss-reactive ketones (excluding diaryl/α,β-unsaturated/α-hetero) is 1. The van der Waals surface area contributed by atoms with Crippen LogP contribution in [0.5, 0.6) is 0 Å². The van der Waals surface area contributed by atoms with Crippen LogP contribution in [-0.4, -0.2) is 12.6 Å². The lowest BCUT2D eigenvalue weighted by Crippen LogP contribution is -2.35. The van der Waals surface area contributed by atoms with Gasteiger partial charge in [0.25, 0.3) is 0 Å². The first-order valence-corrected chi connectivity index (χ1v) is 4.55. The highest BCUT2D eigenvalue weighted by molar-refractivity contribution is 5.89. The van der Waals surface area contributed by atoms with Crippen molar-refractivity contribution in [2.45, 2.75) is 27.2 Å². The van der Waals surface area contributed by atoms with Gasteiger partial charge in [-0.15, -0.1) is 0 Å². The number of carbonyl (C=O) groups is 1. The molecule has 0 saturated heterocycles. The van der Waals surface area contributed by atoms with Gasteiger partial charge < -0.3 is 9.47 Å². The summed E-state index contributed by atoms with van der Waals surface area (Å²) in [7, 11) is 0. The SMILES string of the molecule is CC1C(=O)C(C)(C)CC2=C1OCO2. The van der Waals surface area contributed by atoms with Crippen LogP contribution in [0.1, 0.15) is 27.2 Å². The van der Waals surface area contributed by atoms with Crippen molar-refractivity contribution in [3.05, 3.63) is 11.5 Å². The van der Waals surface area contributed by atoms with E-state index in [4.69, 9.17) is 9.47 Å².